The molecule has 118 valence electrons. The smallest absolute Gasteiger partial charge is 0.285 e. The van der Waals surface area contributed by atoms with Gasteiger partial charge in [0.25, 0.3) is 5.79 Å². The summed E-state index contributed by atoms with van der Waals surface area (Å²) in [6.45, 7) is 1.75. The number of aliphatic hydroxyl groups is 4. The molecular formula is C16H18O6. The molecule has 0 heterocycles. The molecule has 0 radical (unpaired) electrons. The minimum Gasteiger partial charge on any atom is -0.358 e. The molecule has 0 aliphatic heterocycles. The van der Waals surface area contributed by atoms with Gasteiger partial charge < -0.3 is 20.4 Å². The van der Waals surface area contributed by atoms with E-state index in [1.807, 2.05) is 0 Å². The Morgan fingerprint density at radius 3 is 2.23 bits per heavy atom. The van der Waals surface area contributed by atoms with Gasteiger partial charge in [-0.05, 0) is 12.0 Å². The molecule has 4 N–H and O–H groups in total. The molecule has 2 rings (SSSR count). The van der Waals surface area contributed by atoms with Crippen LogP contribution < -0.4 is 0 Å². The van der Waals surface area contributed by atoms with E-state index in [1.165, 1.54) is 12.1 Å². The summed E-state index contributed by atoms with van der Waals surface area (Å²) in [5, 5.41) is 39.5. The van der Waals surface area contributed by atoms with Crippen LogP contribution in [0.5, 0.6) is 0 Å². The molecule has 0 bridgehead atoms. The van der Waals surface area contributed by atoms with Crippen molar-refractivity contribution in [3.63, 3.8) is 0 Å². The molecular weight excluding hydrogens is 288 g/mol. The van der Waals surface area contributed by atoms with Crippen molar-refractivity contribution in [3.8, 4) is 0 Å². The van der Waals surface area contributed by atoms with Crippen LogP contribution in [0.3, 0.4) is 0 Å². The SMILES string of the molecule is CCCC1=CC(C(=O)c2ccccc2)C(=O)C(O)(O)C1(O)O. The number of hydrogen-bond acceptors (Lipinski definition) is 6. The maximum Gasteiger partial charge on any atom is 0.285 e. The van der Waals surface area contributed by atoms with Gasteiger partial charge in [-0.3, -0.25) is 9.59 Å². The van der Waals surface area contributed by atoms with Crippen LogP contribution in [0, 0.1) is 5.92 Å². The first kappa shape index (κ1) is 16.5. The molecule has 0 aromatic heterocycles. The molecule has 0 saturated carbocycles. The van der Waals surface area contributed by atoms with E-state index in [-0.39, 0.29) is 17.6 Å². The average Bonchev–Trinajstić information content (AvgIpc) is 2.49. The summed E-state index contributed by atoms with van der Waals surface area (Å²) in [5.41, 5.74) is 0.0704. The van der Waals surface area contributed by atoms with Crippen molar-refractivity contribution in [2.75, 3.05) is 0 Å². The second kappa shape index (κ2) is 5.73. The highest BCUT2D eigenvalue weighted by Gasteiger charge is 2.60. The van der Waals surface area contributed by atoms with Gasteiger partial charge in [0.15, 0.2) is 5.78 Å². The van der Waals surface area contributed by atoms with E-state index in [2.05, 4.69) is 0 Å². The Morgan fingerprint density at radius 1 is 1.09 bits per heavy atom. The minimum absolute atomic E-state index is 0.113. The van der Waals surface area contributed by atoms with Gasteiger partial charge in [0, 0.05) is 5.56 Å². The predicted octanol–water partition coefficient (Wildman–Crippen LogP) is 0.156. The van der Waals surface area contributed by atoms with Crippen molar-refractivity contribution in [1.29, 1.82) is 0 Å². The third kappa shape index (κ3) is 2.50. The summed E-state index contributed by atoms with van der Waals surface area (Å²) >= 11 is 0. The van der Waals surface area contributed by atoms with E-state index in [9.17, 15) is 30.0 Å². The first-order valence-corrected chi connectivity index (χ1v) is 6.97. The van der Waals surface area contributed by atoms with E-state index in [1.54, 1.807) is 25.1 Å². The van der Waals surface area contributed by atoms with Crippen LogP contribution in [-0.4, -0.2) is 43.6 Å². The molecule has 0 spiro atoms. The van der Waals surface area contributed by atoms with Gasteiger partial charge >= 0.3 is 0 Å². The number of rotatable bonds is 4. The lowest BCUT2D eigenvalue weighted by Gasteiger charge is -2.40. The monoisotopic (exact) mass is 306 g/mol. The van der Waals surface area contributed by atoms with Crippen molar-refractivity contribution >= 4 is 11.6 Å². The fourth-order valence-corrected chi connectivity index (χ4v) is 2.51. The summed E-state index contributed by atoms with van der Waals surface area (Å²) < 4.78 is 0. The van der Waals surface area contributed by atoms with Crippen LogP contribution >= 0.6 is 0 Å². The summed E-state index contributed by atoms with van der Waals surface area (Å²) in [7, 11) is 0. The average molecular weight is 306 g/mol. The third-order valence-electron chi connectivity index (χ3n) is 3.79. The second-order valence-electron chi connectivity index (χ2n) is 5.36. The Bertz CT molecular complexity index is 615. The third-order valence-corrected chi connectivity index (χ3v) is 3.79. The molecule has 1 atom stereocenters. The van der Waals surface area contributed by atoms with Crippen LogP contribution in [0.25, 0.3) is 0 Å². The van der Waals surface area contributed by atoms with Crippen molar-refractivity contribution in [3.05, 3.63) is 47.5 Å². The first-order chi connectivity index (χ1) is 10.2. The Kier molecular flexibility index (Phi) is 4.30. The number of allylic oxidation sites excluding steroid dienone is 1. The first-order valence-electron chi connectivity index (χ1n) is 6.97. The zero-order valence-corrected chi connectivity index (χ0v) is 12.1. The fraction of sp³-hybridized carbons (Fsp3) is 0.375. The number of hydrogen-bond donors (Lipinski definition) is 4. The zero-order chi connectivity index (χ0) is 16.5. The fourth-order valence-electron chi connectivity index (χ4n) is 2.51. The lowest BCUT2D eigenvalue weighted by Crippen LogP contribution is -2.65. The van der Waals surface area contributed by atoms with Gasteiger partial charge in [-0.2, -0.15) is 0 Å². The zero-order valence-electron chi connectivity index (χ0n) is 12.1. The number of carbonyl (C=O) groups excluding carboxylic acids is 2. The molecule has 1 unspecified atom stereocenters. The van der Waals surface area contributed by atoms with Gasteiger partial charge in [0.2, 0.25) is 11.6 Å². The summed E-state index contributed by atoms with van der Waals surface area (Å²) in [6.07, 6.45) is 1.71. The molecule has 0 saturated heterocycles. The van der Waals surface area contributed by atoms with Crippen molar-refractivity contribution in [1.82, 2.24) is 0 Å². The molecule has 1 aromatic rings. The number of carbonyl (C=O) groups is 2. The number of Topliss-reactive ketones (excluding diaryl/α,β-unsaturated/α-hetero) is 2. The lowest BCUT2D eigenvalue weighted by atomic mass is 9.76. The molecule has 1 aliphatic rings. The molecule has 1 aromatic carbocycles. The van der Waals surface area contributed by atoms with E-state index in [4.69, 9.17) is 0 Å². The molecule has 22 heavy (non-hydrogen) atoms. The molecule has 6 heteroatoms. The standard InChI is InChI=1S/C16H18O6/c1-2-6-11-9-12(13(17)10-7-4-3-5-8-10)14(18)16(21,22)15(11,19)20/h3-5,7-9,12,19-22H,2,6H2,1H3. The van der Waals surface area contributed by atoms with E-state index in [0.717, 1.165) is 6.08 Å². The maximum absolute atomic E-state index is 12.4. The molecule has 0 fully saturated rings. The van der Waals surface area contributed by atoms with Gasteiger partial charge in [0.05, 0.1) is 0 Å². The van der Waals surface area contributed by atoms with Crippen molar-refractivity contribution in [2.45, 2.75) is 31.3 Å². The summed E-state index contributed by atoms with van der Waals surface area (Å²) in [5.74, 6) is -9.98. The largest absolute Gasteiger partial charge is 0.358 e. The maximum atomic E-state index is 12.4. The normalized spacial score (nSPS) is 23.0. The van der Waals surface area contributed by atoms with E-state index >= 15 is 0 Å². The Hall–Kier alpha value is -1.86. The van der Waals surface area contributed by atoms with Gasteiger partial charge in [-0.25, -0.2) is 0 Å². The molecule has 0 amide bonds. The lowest BCUT2D eigenvalue weighted by molar-refractivity contribution is -0.322. The summed E-state index contributed by atoms with van der Waals surface area (Å²) in [6, 6.07) is 7.93. The van der Waals surface area contributed by atoms with E-state index < -0.39 is 29.1 Å². The topological polar surface area (TPSA) is 115 Å². The molecule has 1 aliphatic carbocycles. The highest BCUT2D eigenvalue weighted by atomic mass is 16.6. The van der Waals surface area contributed by atoms with Crippen LogP contribution in [0.2, 0.25) is 0 Å². The van der Waals surface area contributed by atoms with Crippen LogP contribution in [0.15, 0.2) is 42.0 Å². The quantitative estimate of drug-likeness (QED) is 0.272. The second-order valence-corrected chi connectivity index (χ2v) is 5.36. The van der Waals surface area contributed by atoms with Gasteiger partial charge in [0.1, 0.15) is 5.92 Å². The highest BCUT2D eigenvalue weighted by Crippen LogP contribution is 2.37. The van der Waals surface area contributed by atoms with Gasteiger partial charge in [-0.1, -0.05) is 49.8 Å². The van der Waals surface area contributed by atoms with Crippen LogP contribution in [0.4, 0.5) is 0 Å². The predicted molar refractivity (Wildman–Crippen MR) is 76.6 cm³/mol. The van der Waals surface area contributed by atoms with Crippen LogP contribution in [0.1, 0.15) is 30.1 Å². The minimum atomic E-state index is -3.43. The number of ketones is 2. The van der Waals surface area contributed by atoms with Gasteiger partial charge in [-0.15, -0.1) is 0 Å². The number of benzene rings is 1. The Labute approximate surface area is 127 Å². The summed E-state index contributed by atoms with van der Waals surface area (Å²) in [4.78, 5) is 24.5. The van der Waals surface area contributed by atoms with Crippen molar-refractivity contribution < 1.29 is 30.0 Å². The Morgan fingerprint density at radius 2 is 1.68 bits per heavy atom. The van der Waals surface area contributed by atoms with E-state index in [0.29, 0.717) is 6.42 Å². The molecule has 6 nitrogen and oxygen atoms in total. The Balaban J connectivity index is 2.49. The van der Waals surface area contributed by atoms with Crippen molar-refractivity contribution in [2.24, 2.45) is 5.92 Å². The highest BCUT2D eigenvalue weighted by molar-refractivity contribution is 6.15. The van der Waals surface area contributed by atoms with Crippen LogP contribution in [-0.2, 0) is 4.79 Å².